The Hall–Kier alpha value is -2.19. The number of hydrogen-bond donors (Lipinski definition) is 3. The number of rotatable bonds is 7. The van der Waals surface area contributed by atoms with Crippen LogP contribution < -0.4 is 16.0 Å². The fraction of sp³-hybridized carbons (Fsp3) is 0.400. The molecule has 0 aliphatic rings. The lowest BCUT2D eigenvalue weighted by molar-refractivity contribution is -0.120. The maximum absolute atomic E-state index is 12.0. The minimum absolute atomic E-state index is 0.0777. The van der Waals surface area contributed by atoms with Crippen molar-refractivity contribution in [1.29, 1.82) is 0 Å². The molecule has 2 rings (SSSR count). The lowest BCUT2D eigenvalue weighted by Gasteiger charge is -2.09. The molecule has 0 aliphatic heterocycles. The molecule has 2 aromatic heterocycles. The van der Waals surface area contributed by atoms with Gasteiger partial charge in [0.15, 0.2) is 10.9 Å². The van der Waals surface area contributed by atoms with Crippen molar-refractivity contribution in [2.24, 2.45) is 5.92 Å². The van der Waals surface area contributed by atoms with Gasteiger partial charge in [-0.15, -0.1) is 11.3 Å². The number of thiazole rings is 1. The standard InChI is InChI=1S/C15H20N4O3S/c1-9(6-16-3)14(21)19-15-18-12(8-23-15)13-5-4-11(22-13)7-17-10(2)20/h4-5,8-9,16H,6-7H2,1-3H3,(H,17,20)(H,18,19,21). The van der Waals surface area contributed by atoms with E-state index in [1.165, 1.54) is 18.3 Å². The van der Waals surface area contributed by atoms with Gasteiger partial charge in [0, 0.05) is 24.8 Å². The smallest absolute Gasteiger partial charge is 0.230 e. The summed E-state index contributed by atoms with van der Waals surface area (Å²) in [6.45, 7) is 4.24. The first-order valence-electron chi connectivity index (χ1n) is 7.24. The molecule has 0 aromatic carbocycles. The highest BCUT2D eigenvalue weighted by Crippen LogP contribution is 2.26. The third-order valence-electron chi connectivity index (χ3n) is 3.12. The van der Waals surface area contributed by atoms with Gasteiger partial charge in [-0.25, -0.2) is 4.98 Å². The molecule has 124 valence electrons. The zero-order valence-corrected chi connectivity index (χ0v) is 14.1. The van der Waals surface area contributed by atoms with Gasteiger partial charge in [0.1, 0.15) is 11.5 Å². The summed E-state index contributed by atoms with van der Waals surface area (Å²) in [5.41, 5.74) is 0.653. The highest BCUT2D eigenvalue weighted by Gasteiger charge is 2.15. The lowest BCUT2D eigenvalue weighted by Crippen LogP contribution is -2.28. The first-order valence-corrected chi connectivity index (χ1v) is 8.12. The van der Waals surface area contributed by atoms with Gasteiger partial charge >= 0.3 is 0 Å². The highest BCUT2D eigenvalue weighted by molar-refractivity contribution is 7.14. The van der Waals surface area contributed by atoms with Crippen LogP contribution in [0.2, 0.25) is 0 Å². The number of carbonyl (C=O) groups excluding carboxylic acids is 2. The molecule has 2 amide bonds. The second-order valence-corrected chi connectivity index (χ2v) is 6.02. The third kappa shape index (κ3) is 4.90. The van der Waals surface area contributed by atoms with Crippen LogP contribution in [0, 0.1) is 5.92 Å². The fourth-order valence-corrected chi connectivity index (χ4v) is 2.60. The Balaban J connectivity index is 1.99. The topological polar surface area (TPSA) is 96.3 Å². The van der Waals surface area contributed by atoms with Crippen molar-refractivity contribution in [2.45, 2.75) is 20.4 Å². The van der Waals surface area contributed by atoms with Crippen LogP contribution >= 0.6 is 11.3 Å². The summed E-state index contributed by atoms with van der Waals surface area (Å²) < 4.78 is 5.63. The zero-order valence-electron chi connectivity index (χ0n) is 13.3. The van der Waals surface area contributed by atoms with E-state index in [-0.39, 0.29) is 17.7 Å². The van der Waals surface area contributed by atoms with Gasteiger partial charge in [-0.3, -0.25) is 9.59 Å². The van der Waals surface area contributed by atoms with Crippen molar-refractivity contribution in [3.63, 3.8) is 0 Å². The van der Waals surface area contributed by atoms with Crippen LogP contribution in [0.25, 0.3) is 11.5 Å². The Labute approximate surface area is 138 Å². The Morgan fingerprint density at radius 2 is 2.17 bits per heavy atom. The van der Waals surface area contributed by atoms with Crippen LogP contribution in [-0.4, -0.2) is 30.4 Å². The zero-order chi connectivity index (χ0) is 16.8. The number of amides is 2. The highest BCUT2D eigenvalue weighted by atomic mass is 32.1. The molecule has 0 fully saturated rings. The van der Waals surface area contributed by atoms with E-state index < -0.39 is 0 Å². The minimum Gasteiger partial charge on any atom is -0.458 e. The van der Waals surface area contributed by atoms with Crippen molar-refractivity contribution in [1.82, 2.24) is 15.6 Å². The Morgan fingerprint density at radius 3 is 2.87 bits per heavy atom. The predicted octanol–water partition coefficient (Wildman–Crippen LogP) is 1.83. The summed E-state index contributed by atoms with van der Waals surface area (Å²) in [5, 5.41) is 10.8. The monoisotopic (exact) mass is 336 g/mol. The molecule has 2 aromatic rings. The van der Waals surface area contributed by atoms with Crippen LogP contribution in [0.4, 0.5) is 5.13 Å². The van der Waals surface area contributed by atoms with Crippen LogP contribution in [0.5, 0.6) is 0 Å². The molecule has 0 saturated carbocycles. The van der Waals surface area contributed by atoms with E-state index >= 15 is 0 Å². The van der Waals surface area contributed by atoms with Crippen molar-refractivity contribution < 1.29 is 14.0 Å². The quantitative estimate of drug-likeness (QED) is 0.717. The molecule has 3 N–H and O–H groups in total. The van der Waals surface area contributed by atoms with Crippen LogP contribution in [0.1, 0.15) is 19.6 Å². The summed E-state index contributed by atoms with van der Waals surface area (Å²) in [5.74, 6) is 0.922. The van der Waals surface area contributed by atoms with Gasteiger partial charge in [0.25, 0.3) is 0 Å². The van der Waals surface area contributed by atoms with Gasteiger partial charge in [-0.2, -0.15) is 0 Å². The largest absolute Gasteiger partial charge is 0.458 e. The predicted molar refractivity (Wildman–Crippen MR) is 89.1 cm³/mol. The average Bonchev–Trinajstić information content (AvgIpc) is 3.14. The summed E-state index contributed by atoms with van der Waals surface area (Å²) >= 11 is 1.34. The molecule has 23 heavy (non-hydrogen) atoms. The van der Waals surface area contributed by atoms with E-state index in [0.717, 1.165) is 0 Å². The number of aromatic nitrogens is 1. The third-order valence-corrected chi connectivity index (χ3v) is 3.88. The van der Waals surface area contributed by atoms with Crippen LogP contribution in [0.15, 0.2) is 21.9 Å². The van der Waals surface area contributed by atoms with Crippen molar-refractivity contribution >= 4 is 28.3 Å². The molecule has 0 aliphatic carbocycles. The maximum Gasteiger partial charge on any atom is 0.230 e. The summed E-state index contributed by atoms with van der Waals surface area (Å²) in [6, 6.07) is 3.58. The number of nitrogens with one attached hydrogen (secondary N) is 3. The average molecular weight is 336 g/mol. The normalized spacial score (nSPS) is 12.0. The van der Waals surface area contributed by atoms with E-state index in [0.29, 0.717) is 35.4 Å². The van der Waals surface area contributed by atoms with Crippen molar-refractivity contribution in [3.05, 3.63) is 23.3 Å². The molecule has 8 heteroatoms. The van der Waals surface area contributed by atoms with Crippen molar-refractivity contribution in [2.75, 3.05) is 18.9 Å². The van der Waals surface area contributed by atoms with Crippen molar-refractivity contribution in [3.8, 4) is 11.5 Å². The first kappa shape index (κ1) is 17.2. The molecular formula is C15H20N4O3S. The second-order valence-electron chi connectivity index (χ2n) is 5.16. The number of carbonyl (C=O) groups is 2. The van der Waals surface area contributed by atoms with E-state index in [1.807, 2.05) is 12.3 Å². The number of anilines is 1. The second kappa shape index (κ2) is 7.89. The van der Waals surface area contributed by atoms with E-state index in [9.17, 15) is 9.59 Å². The lowest BCUT2D eigenvalue weighted by atomic mass is 10.2. The molecule has 1 atom stereocenters. The molecule has 7 nitrogen and oxygen atoms in total. The molecule has 0 radical (unpaired) electrons. The number of hydrogen-bond acceptors (Lipinski definition) is 6. The van der Waals surface area contributed by atoms with Gasteiger partial charge in [0.05, 0.1) is 6.54 Å². The number of furan rings is 1. The molecular weight excluding hydrogens is 316 g/mol. The first-order chi connectivity index (χ1) is 11.0. The molecule has 1 unspecified atom stereocenters. The van der Waals surface area contributed by atoms with Gasteiger partial charge in [-0.1, -0.05) is 6.92 Å². The summed E-state index contributed by atoms with van der Waals surface area (Å²) in [4.78, 5) is 27.2. The van der Waals surface area contributed by atoms with E-state index in [2.05, 4.69) is 20.9 Å². The Bertz CT molecular complexity index is 680. The van der Waals surface area contributed by atoms with Gasteiger partial charge in [0.2, 0.25) is 11.8 Å². The van der Waals surface area contributed by atoms with Crippen LogP contribution in [0.3, 0.4) is 0 Å². The minimum atomic E-state index is -0.139. The van der Waals surface area contributed by atoms with Gasteiger partial charge < -0.3 is 20.4 Å². The fourth-order valence-electron chi connectivity index (χ4n) is 1.89. The van der Waals surface area contributed by atoms with Gasteiger partial charge in [-0.05, 0) is 19.2 Å². The molecule has 0 saturated heterocycles. The van der Waals surface area contributed by atoms with E-state index in [1.54, 1.807) is 19.2 Å². The Kier molecular flexibility index (Phi) is 5.89. The summed E-state index contributed by atoms with van der Waals surface area (Å²) in [7, 11) is 1.81. The molecule has 0 bridgehead atoms. The molecule has 0 spiro atoms. The number of nitrogens with zero attached hydrogens (tertiary/aromatic N) is 1. The SMILES string of the molecule is CNCC(C)C(=O)Nc1nc(-c2ccc(CNC(C)=O)o2)cs1. The molecule has 2 heterocycles. The maximum atomic E-state index is 12.0. The van der Waals surface area contributed by atoms with Crippen LogP contribution in [-0.2, 0) is 16.1 Å². The van der Waals surface area contributed by atoms with E-state index in [4.69, 9.17) is 4.42 Å². The summed E-state index contributed by atoms with van der Waals surface area (Å²) in [6.07, 6.45) is 0. The Morgan fingerprint density at radius 1 is 1.39 bits per heavy atom.